The number of rotatable bonds is 4. The van der Waals surface area contributed by atoms with Crippen molar-refractivity contribution in [2.24, 2.45) is 0 Å². The minimum absolute atomic E-state index is 0.0283. The van der Waals surface area contributed by atoms with E-state index in [9.17, 15) is 4.79 Å². The summed E-state index contributed by atoms with van der Waals surface area (Å²) in [5.41, 5.74) is 1.19. The lowest BCUT2D eigenvalue weighted by Gasteiger charge is -2.22. The summed E-state index contributed by atoms with van der Waals surface area (Å²) in [7, 11) is 0. The number of amides is 1. The zero-order valence-electron chi connectivity index (χ0n) is 13.9. The van der Waals surface area contributed by atoms with Gasteiger partial charge in [-0.3, -0.25) is 9.69 Å². The molecular formula is C20H26N2O. The third-order valence-corrected chi connectivity index (χ3v) is 4.73. The number of hydrogen-bond acceptors (Lipinski definition) is 2. The molecule has 0 bridgehead atoms. The molecule has 0 unspecified atom stereocenters. The largest absolute Gasteiger partial charge is 0.348 e. The van der Waals surface area contributed by atoms with Crippen molar-refractivity contribution in [3.63, 3.8) is 0 Å². The average molecular weight is 310 g/mol. The predicted octanol–water partition coefficient (Wildman–Crippen LogP) is 3.89. The summed E-state index contributed by atoms with van der Waals surface area (Å²) >= 11 is 0. The maximum Gasteiger partial charge on any atom is 0.234 e. The first-order chi connectivity index (χ1) is 11.2. The van der Waals surface area contributed by atoms with Crippen LogP contribution in [-0.2, 0) is 4.79 Å². The molecule has 1 amide bonds. The molecule has 3 nitrogen and oxygen atoms in total. The van der Waals surface area contributed by atoms with Crippen LogP contribution in [0.1, 0.15) is 44.2 Å². The number of likely N-dealkylation sites (tertiary alicyclic amines) is 1. The minimum atomic E-state index is 0.0283. The molecule has 1 aliphatic rings. The molecule has 1 heterocycles. The van der Waals surface area contributed by atoms with Gasteiger partial charge in [-0.05, 0) is 49.2 Å². The number of carbonyl (C=O) groups is 1. The fourth-order valence-corrected chi connectivity index (χ4v) is 3.49. The van der Waals surface area contributed by atoms with Gasteiger partial charge in [-0.25, -0.2) is 0 Å². The first kappa shape index (κ1) is 16.0. The van der Waals surface area contributed by atoms with E-state index >= 15 is 0 Å². The van der Waals surface area contributed by atoms with E-state index in [0.29, 0.717) is 6.54 Å². The van der Waals surface area contributed by atoms with E-state index in [0.717, 1.165) is 13.1 Å². The Kier molecular flexibility index (Phi) is 5.29. The molecule has 0 saturated carbocycles. The van der Waals surface area contributed by atoms with E-state index < -0.39 is 0 Å². The number of nitrogens with one attached hydrogen (secondary N) is 1. The second kappa shape index (κ2) is 7.60. The van der Waals surface area contributed by atoms with Crippen LogP contribution in [0.2, 0.25) is 0 Å². The number of benzene rings is 2. The van der Waals surface area contributed by atoms with Crippen LogP contribution < -0.4 is 5.32 Å². The Balaban J connectivity index is 1.65. The van der Waals surface area contributed by atoms with Gasteiger partial charge in [0.1, 0.15) is 0 Å². The van der Waals surface area contributed by atoms with Crippen molar-refractivity contribution in [3.8, 4) is 0 Å². The SMILES string of the molecule is C[C@H](NC(=O)CN1CCCCCC1)c1cccc2ccccc12. The summed E-state index contributed by atoms with van der Waals surface area (Å²) in [5, 5.41) is 5.62. The fraction of sp³-hybridized carbons (Fsp3) is 0.450. The number of fused-ring (bicyclic) bond motifs is 1. The van der Waals surface area contributed by atoms with Gasteiger partial charge < -0.3 is 5.32 Å². The first-order valence-corrected chi connectivity index (χ1v) is 8.73. The molecule has 2 aromatic rings. The summed E-state index contributed by atoms with van der Waals surface area (Å²) in [6, 6.07) is 14.7. The predicted molar refractivity (Wildman–Crippen MR) is 95.4 cm³/mol. The molecule has 122 valence electrons. The van der Waals surface area contributed by atoms with Gasteiger partial charge >= 0.3 is 0 Å². The standard InChI is InChI=1S/C20H26N2O/c1-16(18-12-8-10-17-9-4-5-11-19(17)18)21-20(23)15-22-13-6-2-3-7-14-22/h4-5,8-12,16H,2-3,6-7,13-15H2,1H3,(H,21,23)/t16-/m0/s1. The third-order valence-electron chi connectivity index (χ3n) is 4.73. The zero-order chi connectivity index (χ0) is 16.1. The van der Waals surface area contributed by atoms with Gasteiger partial charge in [0.25, 0.3) is 0 Å². The van der Waals surface area contributed by atoms with Crippen LogP contribution in [0.5, 0.6) is 0 Å². The Morgan fingerprint density at radius 2 is 1.74 bits per heavy atom. The molecule has 1 N–H and O–H groups in total. The third kappa shape index (κ3) is 4.11. The highest BCUT2D eigenvalue weighted by Gasteiger charge is 2.16. The average Bonchev–Trinajstić information content (AvgIpc) is 2.82. The van der Waals surface area contributed by atoms with Crippen LogP contribution in [0.3, 0.4) is 0 Å². The quantitative estimate of drug-likeness (QED) is 0.929. The number of carbonyl (C=O) groups excluding carboxylic acids is 1. The fourth-order valence-electron chi connectivity index (χ4n) is 3.49. The smallest absolute Gasteiger partial charge is 0.234 e. The van der Waals surface area contributed by atoms with Crippen molar-refractivity contribution in [1.29, 1.82) is 0 Å². The van der Waals surface area contributed by atoms with Crippen molar-refractivity contribution in [3.05, 3.63) is 48.0 Å². The molecule has 23 heavy (non-hydrogen) atoms. The molecule has 0 aliphatic carbocycles. The summed E-state index contributed by atoms with van der Waals surface area (Å²) in [6.45, 7) is 4.70. The molecule has 0 aromatic heterocycles. The Morgan fingerprint density at radius 3 is 2.52 bits per heavy atom. The van der Waals surface area contributed by atoms with E-state index in [1.165, 1.54) is 42.0 Å². The van der Waals surface area contributed by atoms with Crippen LogP contribution >= 0.6 is 0 Å². The topological polar surface area (TPSA) is 32.3 Å². The van der Waals surface area contributed by atoms with Gasteiger partial charge in [0, 0.05) is 0 Å². The molecule has 3 heteroatoms. The molecule has 1 saturated heterocycles. The van der Waals surface area contributed by atoms with Gasteiger partial charge in [-0.2, -0.15) is 0 Å². The Bertz CT molecular complexity index is 654. The second-order valence-electron chi connectivity index (χ2n) is 6.55. The lowest BCUT2D eigenvalue weighted by atomic mass is 10.00. The number of hydrogen-bond donors (Lipinski definition) is 1. The van der Waals surface area contributed by atoms with E-state index in [1.54, 1.807) is 0 Å². The summed E-state index contributed by atoms with van der Waals surface area (Å²) < 4.78 is 0. The second-order valence-corrected chi connectivity index (χ2v) is 6.55. The molecule has 1 fully saturated rings. The molecule has 2 aromatic carbocycles. The first-order valence-electron chi connectivity index (χ1n) is 8.73. The zero-order valence-corrected chi connectivity index (χ0v) is 13.9. The van der Waals surface area contributed by atoms with Gasteiger partial charge in [0.2, 0.25) is 5.91 Å². The summed E-state index contributed by atoms with van der Waals surface area (Å²) in [4.78, 5) is 14.7. The van der Waals surface area contributed by atoms with Gasteiger partial charge in [0.15, 0.2) is 0 Å². The lowest BCUT2D eigenvalue weighted by molar-refractivity contribution is -0.122. The van der Waals surface area contributed by atoms with Crippen LogP contribution in [0.15, 0.2) is 42.5 Å². The van der Waals surface area contributed by atoms with Crippen LogP contribution in [0.25, 0.3) is 10.8 Å². The van der Waals surface area contributed by atoms with Crippen molar-refractivity contribution >= 4 is 16.7 Å². The van der Waals surface area contributed by atoms with Crippen molar-refractivity contribution < 1.29 is 4.79 Å². The van der Waals surface area contributed by atoms with Crippen LogP contribution in [-0.4, -0.2) is 30.4 Å². The van der Waals surface area contributed by atoms with E-state index in [-0.39, 0.29) is 11.9 Å². The normalized spacial score (nSPS) is 17.6. The monoisotopic (exact) mass is 310 g/mol. The highest BCUT2D eigenvalue weighted by molar-refractivity contribution is 5.87. The maximum absolute atomic E-state index is 12.4. The van der Waals surface area contributed by atoms with Crippen molar-refractivity contribution in [2.75, 3.05) is 19.6 Å². The molecule has 0 spiro atoms. The van der Waals surface area contributed by atoms with E-state index in [4.69, 9.17) is 0 Å². The summed E-state index contributed by atoms with van der Waals surface area (Å²) in [6.07, 6.45) is 5.02. The van der Waals surface area contributed by atoms with Gasteiger partial charge in [0.05, 0.1) is 12.6 Å². The van der Waals surface area contributed by atoms with Gasteiger partial charge in [-0.1, -0.05) is 55.3 Å². The lowest BCUT2D eigenvalue weighted by Crippen LogP contribution is -2.38. The Labute approximate surface area is 138 Å². The Morgan fingerprint density at radius 1 is 1.04 bits per heavy atom. The van der Waals surface area contributed by atoms with Crippen molar-refractivity contribution in [2.45, 2.75) is 38.6 Å². The van der Waals surface area contributed by atoms with E-state index in [1.807, 2.05) is 0 Å². The molecule has 3 rings (SSSR count). The van der Waals surface area contributed by atoms with Gasteiger partial charge in [-0.15, -0.1) is 0 Å². The molecule has 1 atom stereocenters. The minimum Gasteiger partial charge on any atom is -0.348 e. The highest BCUT2D eigenvalue weighted by atomic mass is 16.2. The molecule has 1 aliphatic heterocycles. The van der Waals surface area contributed by atoms with Crippen molar-refractivity contribution in [1.82, 2.24) is 10.2 Å². The summed E-state index contributed by atoms with van der Waals surface area (Å²) in [5.74, 6) is 0.132. The van der Waals surface area contributed by atoms with E-state index in [2.05, 4.69) is 59.6 Å². The highest BCUT2D eigenvalue weighted by Crippen LogP contribution is 2.24. The van der Waals surface area contributed by atoms with Crippen LogP contribution in [0, 0.1) is 0 Å². The van der Waals surface area contributed by atoms with Crippen LogP contribution in [0.4, 0.5) is 0 Å². The Hall–Kier alpha value is -1.87. The number of nitrogens with zero attached hydrogens (tertiary/aromatic N) is 1. The maximum atomic E-state index is 12.4. The molecule has 0 radical (unpaired) electrons. The molecular weight excluding hydrogens is 284 g/mol.